The zero-order chi connectivity index (χ0) is 22.0. The third kappa shape index (κ3) is 4.84. The number of rotatable bonds is 5. The molecule has 1 aromatic carbocycles. The van der Waals surface area contributed by atoms with Crippen LogP contribution in [0.1, 0.15) is 51.9 Å². The van der Waals surface area contributed by atoms with Gasteiger partial charge in [0.15, 0.2) is 5.16 Å². The number of halogens is 1. The van der Waals surface area contributed by atoms with Crippen molar-refractivity contribution in [2.75, 3.05) is 12.3 Å². The first kappa shape index (κ1) is 21.6. The number of nitrogens with zero attached hydrogens (tertiary/aromatic N) is 4. The summed E-state index contributed by atoms with van der Waals surface area (Å²) in [6, 6.07) is 6.34. The Morgan fingerprint density at radius 2 is 2.13 bits per heavy atom. The Labute approximate surface area is 186 Å². The van der Waals surface area contributed by atoms with Crippen molar-refractivity contribution in [3.8, 4) is 11.3 Å². The molecule has 0 bridgehead atoms. The monoisotopic (exact) mass is 441 g/mol. The summed E-state index contributed by atoms with van der Waals surface area (Å²) < 4.78 is 15.7. The maximum absolute atomic E-state index is 13.6. The maximum Gasteiger partial charge on any atom is 0.233 e. The van der Waals surface area contributed by atoms with E-state index in [-0.39, 0.29) is 23.3 Å². The average Bonchev–Trinajstić information content (AvgIpc) is 3.41. The topological polar surface area (TPSA) is 66.8 Å². The minimum absolute atomic E-state index is 0.0851. The van der Waals surface area contributed by atoms with Crippen molar-refractivity contribution in [3.05, 3.63) is 54.5 Å². The second-order valence-electron chi connectivity index (χ2n) is 8.83. The van der Waals surface area contributed by atoms with Gasteiger partial charge in [-0.05, 0) is 52.2 Å². The molecule has 1 fully saturated rings. The van der Waals surface area contributed by atoms with Crippen molar-refractivity contribution in [3.63, 3.8) is 0 Å². The highest BCUT2D eigenvalue weighted by molar-refractivity contribution is 7.99. The second-order valence-corrected chi connectivity index (χ2v) is 9.77. The average molecular weight is 442 g/mol. The number of hydrogen-bond acceptors (Lipinski definition) is 4. The molecule has 3 heterocycles. The minimum Gasteiger partial charge on any atom is -0.340 e. The number of aromatic nitrogens is 4. The number of benzene rings is 1. The van der Waals surface area contributed by atoms with Crippen LogP contribution in [0.25, 0.3) is 11.3 Å². The molecule has 6 nitrogen and oxygen atoms in total. The Bertz CT molecular complexity index is 1050. The van der Waals surface area contributed by atoms with E-state index in [0.717, 1.165) is 41.5 Å². The van der Waals surface area contributed by atoms with Crippen LogP contribution >= 0.6 is 11.8 Å². The van der Waals surface area contributed by atoms with Gasteiger partial charge in [0.1, 0.15) is 11.6 Å². The lowest BCUT2D eigenvalue weighted by Crippen LogP contribution is -2.40. The molecule has 0 spiro atoms. The molecule has 1 unspecified atom stereocenters. The van der Waals surface area contributed by atoms with E-state index in [1.165, 1.54) is 23.9 Å². The molecule has 4 rings (SSSR count). The summed E-state index contributed by atoms with van der Waals surface area (Å²) in [7, 11) is 0. The van der Waals surface area contributed by atoms with Gasteiger partial charge < -0.3 is 14.5 Å². The molecule has 2 aromatic heterocycles. The fraction of sp³-hybridized carbons (Fsp3) is 0.435. The van der Waals surface area contributed by atoms with E-state index in [0.29, 0.717) is 12.3 Å². The van der Waals surface area contributed by atoms with Gasteiger partial charge in [0, 0.05) is 30.0 Å². The Kier molecular flexibility index (Phi) is 6.18. The molecule has 1 saturated heterocycles. The fourth-order valence-corrected chi connectivity index (χ4v) is 4.97. The Morgan fingerprint density at radius 1 is 1.29 bits per heavy atom. The van der Waals surface area contributed by atoms with Gasteiger partial charge in [0.05, 0.1) is 23.7 Å². The molecule has 31 heavy (non-hydrogen) atoms. The van der Waals surface area contributed by atoms with E-state index in [9.17, 15) is 9.18 Å². The van der Waals surface area contributed by atoms with E-state index >= 15 is 0 Å². The predicted octanol–water partition coefficient (Wildman–Crippen LogP) is 5.01. The summed E-state index contributed by atoms with van der Waals surface area (Å²) in [5, 5.41) is 0.848. The molecule has 0 aliphatic carbocycles. The number of hydrogen-bond donors (Lipinski definition) is 1. The number of piperidine rings is 1. The van der Waals surface area contributed by atoms with Gasteiger partial charge in [-0.15, -0.1) is 0 Å². The molecule has 8 heteroatoms. The van der Waals surface area contributed by atoms with E-state index in [1.54, 1.807) is 18.5 Å². The van der Waals surface area contributed by atoms with Crippen LogP contribution in [0.2, 0.25) is 0 Å². The third-order valence-electron chi connectivity index (χ3n) is 5.52. The van der Waals surface area contributed by atoms with Crippen LogP contribution in [0.3, 0.4) is 0 Å². The highest BCUT2D eigenvalue weighted by Gasteiger charge is 2.30. The molecule has 3 aromatic rings. The highest BCUT2D eigenvalue weighted by Crippen LogP contribution is 2.32. The van der Waals surface area contributed by atoms with Gasteiger partial charge in [-0.25, -0.2) is 14.4 Å². The molecule has 1 amide bonds. The smallest absolute Gasteiger partial charge is 0.233 e. The van der Waals surface area contributed by atoms with Crippen molar-refractivity contribution >= 4 is 17.7 Å². The summed E-state index contributed by atoms with van der Waals surface area (Å²) in [4.78, 5) is 27.3. The maximum atomic E-state index is 13.6. The number of H-pyrrole nitrogens is 1. The molecule has 1 atom stereocenters. The van der Waals surface area contributed by atoms with Gasteiger partial charge in [-0.1, -0.05) is 23.9 Å². The van der Waals surface area contributed by atoms with Crippen LogP contribution in [0.5, 0.6) is 0 Å². The number of thioether (sulfide) groups is 1. The largest absolute Gasteiger partial charge is 0.340 e. The number of aromatic amines is 1. The van der Waals surface area contributed by atoms with Crippen molar-refractivity contribution in [1.29, 1.82) is 0 Å². The first-order valence-corrected chi connectivity index (χ1v) is 11.6. The van der Waals surface area contributed by atoms with Crippen molar-refractivity contribution in [1.82, 2.24) is 24.4 Å². The van der Waals surface area contributed by atoms with Crippen molar-refractivity contribution in [2.45, 2.75) is 56.8 Å². The Morgan fingerprint density at radius 3 is 2.90 bits per heavy atom. The quantitative estimate of drug-likeness (QED) is 0.565. The van der Waals surface area contributed by atoms with E-state index < -0.39 is 0 Å². The number of carbonyl (C=O) groups is 1. The van der Waals surface area contributed by atoms with E-state index in [1.807, 2.05) is 17.2 Å². The first-order valence-electron chi connectivity index (χ1n) is 10.6. The van der Waals surface area contributed by atoms with Crippen molar-refractivity contribution < 1.29 is 9.18 Å². The van der Waals surface area contributed by atoms with E-state index in [2.05, 4.69) is 40.3 Å². The molecule has 0 radical (unpaired) electrons. The summed E-state index contributed by atoms with van der Waals surface area (Å²) in [6.07, 6.45) is 8.35. The normalized spacial score (nSPS) is 17.2. The van der Waals surface area contributed by atoms with Gasteiger partial charge in [0.2, 0.25) is 5.91 Å². The number of nitrogens with one attached hydrogen (secondary N) is 1. The van der Waals surface area contributed by atoms with Gasteiger partial charge >= 0.3 is 0 Å². The summed E-state index contributed by atoms with van der Waals surface area (Å²) in [5.74, 6) is 0.894. The summed E-state index contributed by atoms with van der Waals surface area (Å²) in [6.45, 7) is 7.07. The lowest BCUT2D eigenvalue weighted by atomic mass is 10.0. The molecule has 1 aliphatic rings. The van der Waals surface area contributed by atoms with Crippen LogP contribution in [0.15, 0.2) is 48.0 Å². The minimum atomic E-state index is -0.284. The lowest BCUT2D eigenvalue weighted by Gasteiger charge is -2.34. The summed E-state index contributed by atoms with van der Waals surface area (Å²) in [5.41, 5.74) is 1.42. The zero-order valence-electron chi connectivity index (χ0n) is 18.1. The molecule has 1 aliphatic heterocycles. The van der Waals surface area contributed by atoms with Crippen LogP contribution in [-0.2, 0) is 10.3 Å². The Hall–Kier alpha value is -2.61. The molecule has 0 saturated carbocycles. The molecule has 1 N–H and O–H groups in total. The number of carbonyl (C=O) groups excluding carboxylic acids is 1. The van der Waals surface area contributed by atoms with Crippen LogP contribution in [0, 0.1) is 5.82 Å². The SMILES string of the molecule is CC(C)(C)n1ccnc1SCC(=O)N1CCCCC1c1ncc(-c2cccc(F)c2)[nH]1. The van der Waals surface area contributed by atoms with Gasteiger partial charge in [0.25, 0.3) is 0 Å². The lowest BCUT2D eigenvalue weighted by molar-refractivity contribution is -0.132. The Balaban J connectivity index is 1.48. The molecular weight excluding hydrogens is 413 g/mol. The van der Waals surface area contributed by atoms with Crippen LogP contribution < -0.4 is 0 Å². The summed E-state index contributed by atoms with van der Waals surface area (Å²) >= 11 is 1.47. The van der Waals surface area contributed by atoms with Gasteiger partial charge in [-0.2, -0.15) is 0 Å². The van der Waals surface area contributed by atoms with Crippen molar-refractivity contribution in [2.24, 2.45) is 0 Å². The number of imidazole rings is 2. The molecule has 164 valence electrons. The number of amides is 1. The number of likely N-dealkylation sites (tertiary alicyclic amines) is 1. The first-order chi connectivity index (χ1) is 14.8. The second kappa shape index (κ2) is 8.86. The fourth-order valence-electron chi connectivity index (χ4n) is 3.94. The van der Waals surface area contributed by atoms with Crippen LogP contribution in [0.4, 0.5) is 4.39 Å². The standard InChI is InChI=1S/C23H28FN5OS/c1-23(2,3)29-12-10-25-22(29)31-15-20(30)28-11-5-4-9-19(28)21-26-14-18(27-21)16-7-6-8-17(24)13-16/h6-8,10,12-14,19H,4-5,9,11,15H2,1-3H3,(H,26,27). The van der Waals surface area contributed by atoms with E-state index in [4.69, 9.17) is 0 Å². The van der Waals surface area contributed by atoms with Crippen LogP contribution in [-0.4, -0.2) is 42.6 Å². The predicted molar refractivity (Wildman–Crippen MR) is 120 cm³/mol. The highest BCUT2D eigenvalue weighted by atomic mass is 32.2. The molecular formula is C23H28FN5OS. The van der Waals surface area contributed by atoms with Gasteiger partial charge in [-0.3, -0.25) is 4.79 Å². The third-order valence-corrected chi connectivity index (χ3v) is 6.48. The zero-order valence-corrected chi connectivity index (χ0v) is 19.0.